The highest BCUT2D eigenvalue weighted by Gasteiger charge is 2.34. The fraction of sp³-hybridized carbons (Fsp3) is 0.450. The van der Waals surface area contributed by atoms with E-state index in [-0.39, 0.29) is 18.6 Å². The van der Waals surface area contributed by atoms with Gasteiger partial charge >= 0.3 is 0 Å². The zero-order valence-electron chi connectivity index (χ0n) is 16.1. The highest BCUT2D eigenvalue weighted by Crippen LogP contribution is 2.31. The molecular formula is C20H24N4O4. The van der Waals surface area contributed by atoms with Crippen molar-refractivity contribution in [2.24, 2.45) is 0 Å². The van der Waals surface area contributed by atoms with Gasteiger partial charge in [-0.1, -0.05) is 12.1 Å². The fourth-order valence-corrected chi connectivity index (χ4v) is 3.36. The lowest BCUT2D eigenvalue weighted by Crippen LogP contribution is -2.51. The van der Waals surface area contributed by atoms with Gasteiger partial charge in [-0.3, -0.25) is 4.79 Å². The number of rotatable bonds is 4. The smallest absolute Gasteiger partial charge is 0.267 e. The van der Waals surface area contributed by atoms with Gasteiger partial charge in [-0.25, -0.2) is 0 Å². The fourth-order valence-electron chi connectivity index (χ4n) is 3.36. The van der Waals surface area contributed by atoms with Gasteiger partial charge in [0.25, 0.3) is 5.91 Å². The number of ether oxygens (including phenoxy) is 3. The van der Waals surface area contributed by atoms with Crippen LogP contribution >= 0.6 is 0 Å². The van der Waals surface area contributed by atoms with E-state index < -0.39 is 6.10 Å². The van der Waals surface area contributed by atoms with Gasteiger partial charge in [-0.2, -0.15) is 0 Å². The molecule has 2 atom stereocenters. The standard InChI is InChI=1S/C20H24N4O4/c1-23(2)18-9-10-19(22-21-18)27-14-6-5-11-24(12-14)20(25)17-13-26-15-7-3-4-8-16(15)28-17/h3-4,7-10,14,17H,5-6,11-13H2,1-2H3. The third-order valence-electron chi connectivity index (χ3n) is 4.85. The quantitative estimate of drug-likeness (QED) is 0.795. The van der Waals surface area contributed by atoms with Gasteiger partial charge in [0.05, 0.1) is 6.54 Å². The van der Waals surface area contributed by atoms with Crippen LogP contribution < -0.4 is 19.1 Å². The molecule has 0 aliphatic carbocycles. The third kappa shape index (κ3) is 3.95. The van der Waals surface area contributed by atoms with E-state index in [1.807, 2.05) is 49.3 Å². The number of carbonyl (C=O) groups excluding carboxylic acids is 1. The first-order valence-electron chi connectivity index (χ1n) is 9.45. The van der Waals surface area contributed by atoms with Crippen molar-refractivity contribution >= 4 is 11.7 Å². The minimum atomic E-state index is -0.632. The summed E-state index contributed by atoms with van der Waals surface area (Å²) in [4.78, 5) is 16.6. The molecule has 1 fully saturated rings. The van der Waals surface area contributed by atoms with Crippen LogP contribution in [-0.4, -0.2) is 67.0 Å². The summed E-state index contributed by atoms with van der Waals surface area (Å²) in [6.45, 7) is 1.40. The predicted octanol–water partition coefficient (Wildman–Crippen LogP) is 1.75. The molecule has 0 N–H and O–H groups in total. The number of para-hydroxylation sites is 2. The van der Waals surface area contributed by atoms with Gasteiger partial charge < -0.3 is 24.0 Å². The van der Waals surface area contributed by atoms with E-state index in [0.29, 0.717) is 30.5 Å². The summed E-state index contributed by atoms with van der Waals surface area (Å²) in [5, 5.41) is 8.24. The van der Waals surface area contributed by atoms with Crippen molar-refractivity contribution in [2.75, 3.05) is 38.7 Å². The molecule has 8 nitrogen and oxygen atoms in total. The molecule has 0 bridgehead atoms. The number of likely N-dealkylation sites (tertiary alicyclic amines) is 1. The molecule has 3 heterocycles. The topological polar surface area (TPSA) is 77.0 Å². The van der Waals surface area contributed by atoms with E-state index in [2.05, 4.69) is 10.2 Å². The molecule has 8 heteroatoms. The second-order valence-electron chi connectivity index (χ2n) is 7.15. The number of benzene rings is 1. The summed E-state index contributed by atoms with van der Waals surface area (Å²) in [6, 6.07) is 11.1. The normalized spacial score (nSPS) is 21.1. The minimum Gasteiger partial charge on any atom is -0.485 e. The van der Waals surface area contributed by atoms with Crippen molar-refractivity contribution in [2.45, 2.75) is 25.0 Å². The number of amides is 1. The van der Waals surface area contributed by atoms with Crippen molar-refractivity contribution in [1.82, 2.24) is 15.1 Å². The Labute approximate surface area is 164 Å². The number of hydrogen-bond acceptors (Lipinski definition) is 7. The molecular weight excluding hydrogens is 360 g/mol. The highest BCUT2D eigenvalue weighted by atomic mass is 16.6. The maximum Gasteiger partial charge on any atom is 0.267 e. The van der Waals surface area contributed by atoms with Gasteiger partial charge in [0, 0.05) is 26.7 Å². The second kappa shape index (κ2) is 7.92. The van der Waals surface area contributed by atoms with Crippen molar-refractivity contribution in [3.05, 3.63) is 36.4 Å². The zero-order valence-corrected chi connectivity index (χ0v) is 16.1. The average Bonchev–Trinajstić information content (AvgIpc) is 2.73. The molecule has 0 spiro atoms. The van der Waals surface area contributed by atoms with Gasteiger partial charge in [0.1, 0.15) is 12.7 Å². The molecule has 0 radical (unpaired) electrons. The third-order valence-corrected chi connectivity index (χ3v) is 4.85. The molecule has 2 unspecified atom stereocenters. The number of piperidine rings is 1. The maximum absolute atomic E-state index is 12.9. The summed E-state index contributed by atoms with van der Waals surface area (Å²) >= 11 is 0. The Bertz CT molecular complexity index is 827. The summed E-state index contributed by atoms with van der Waals surface area (Å²) < 4.78 is 17.5. The molecule has 2 aliphatic heterocycles. The van der Waals surface area contributed by atoms with Crippen molar-refractivity contribution < 1.29 is 19.0 Å². The number of anilines is 1. The number of aromatic nitrogens is 2. The van der Waals surface area contributed by atoms with E-state index in [9.17, 15) is 4.79 Å². The van der Waals surface area contributed by atoms with E-state index >= 15 is 0 Å². The maximum atomic E-state index is 12.9. The van der Waals surface area contributed by atoms with Crippen molar-refractivity contribution in [3.63, 3.8) is 0 Å². The Morgan fingerprint density at radius 2 is 2.00 bits per heavy atom. The number of hydrogen-bond donors (Lipinski definition) is 0. The lowest BCUT2D eigenvalue weighted by atomic mass is 10.1. The van der Waals surface area contributed by atoms with Crippen molar-refractivity contribution in [3.8, 4) is 17.4 Å². The Hall–Kier alpha value is -3.03. The molecule has 0 saturated carbocycles. The molecule has 4 rings (SSSR count). The molecule has 1 saturated heterocycles. The first kappa shape index (κ1) is 18.3. The predicted molar refractivity (Wildman–Crippen MR) is 103 cm³/mol. The van der Waals surface area contributed by atoms with Gasteiger partial charge in [-0.15, -0.1) is 10.2 Å². The zero-order chi connectivity index (χ0) is 19.5. The summed E-state index contributed by atoms with van der Waals surface area (Å²) in [7, 11) is 3.81. The Balaban J connectivity index is 1.36. The van der Waals surface area contributed by atoms with Gasteiger partial charge in [0.2, 0.25) is 12.0 Å². The van der Waals surface area contributed by atoms with Crippen LogP contribution in [0.1, 0.15) is 12.8 Å². The lowest BCUT2D eigenvalue weighted by molar-refractivity contribution is -0.143. The molecule has 28 heavy (non-hydrogen) atoms. The molecule has 2 aliphatic rings. The van der Waals surface area contributed by atoms with E-state index in [1.165, 1.54) is 0 Å². The SMILES string of the molecule is CN(C)c1ccc(OC2CCCN(C(=O)C3COc4ccccc4O3)C2)nn1. The average molecular weight is 384 g/mol. The minimum absolute atomic E-state index is 0.0724. The van der Waals surface area contributed by atoms with E-state index in [4.69, 9.17) is 14.2 Å². The van der Waals surface area contributed by atoms with Gasteiger partial charge in [0.15, 0.2) is 17.3 Å². The second-order valence-corrected chi connectivity index (χ2v) is 7.15. The monoisotopic (exact) mass is 384 g/mol. The van der Waals surface area contributed by atoms with Crippen LogP contribution in [-0.2, 0) is 4.79 Å². The molecule has 148 valence electrons. The van der Waals surface area contributed by atoms with Gasteiger partial charge in [-0.05, 0) is 31.0 Å². The first-order chi connectivity index (χ1) is 13.6. The van der Waals surface area contributed by atoms with Crippen LogP contribution in [0.4, 0.5) is 5.82 Å². The molecule has 1 aromatic carbocycles. The molecule has 2 aromatic rings. The first-order valence-corrected chi connectivity index (χ1v) is 9.45. The summed E-state index contributed by atoms with van der Waals surface area (Å²) in [5.41, 5.74) is 0. The van der Waals surface area contributed by atoms with Crippen LogP contribution in [0.5, 0.6) is 17.4 Å². The Kier molecular flexibility index (Phi) is 5.18. The van der Waals surface area contributed by atoms with Crippen LogP contribution in [0.15, 0.2) is 36.4 Å². The van der Waals surface area contributed by atoms with Crippen LogP contribution in [0.2, 0.25) is 0 Å². The van der Waals surface area contributed by atoms with E-state index in [0.717, 1.165) is 18.7 Å². The number of nitrogens with zero attached hydrogens (tertiary/aromatic N) is 4. The molecule has 1 aromatic heterocycles. The largest absolute Gasteiger partial charge is 0.485 e. The Morgan fingerprint density at radius 1 is 1.18 bits per heavy atom. The Morgan fingerprint density at radius 3 is 2.75 bits per heavy atom. The van der Waals surface area contributed by atoms with Crippen molar-refractivity contribution in [1.29, 1.82) is 0 Å². The van der Waals surface area contributed by atoms with Crippen LogP contribution in [0.25, 0.3) is 0 Å². The molecule has 1 amide bonds. The van der Waals surface area contributed by atoms with E-state index in [1.54, 1.807) is 11.0 Å². The van der Waals surface area contributed by atoms with Crippen LogP contribution in [0, 0.1) is 0 Å². The summed E-state index contributed by atoms with van der Waals surface area (Å²) in [6.07, 6.45) is 0.983. The number of fused-ring (bicyclic) bond motifs is 1. The lowest BCUT2D eigenvalue weighted by Gasteiger charge is -2.35. The summed E-state index contributed by atoms with van der Waals surface area (Å²) in [5.74, 6) is 2.44. The highest BCUT2D eigenvalue weighted by molar-refractivity contribution is 5.82. The van der Waals surface area contributed by atoms with Crippen LogP contribution in [0.3, 0.4) is 0 Å². The number of carbonyl (C=O) groups is 1.